The number of carbonyl (C=O) groups excluding carboxylic acids is 1. The third kappa shape index (κ3) is 2.85. The number of carboxylic acids is 1. The number of nitrogens with zero attached hydrogens (tertiary/aromatic N) is 2. The van der Waals surface area contributed by atoms with Gasteiger partial charge in [-0.05, 0) is 41.3 Å². The molecule has 6 heteroatoms. The Morgan fingerprint density at radius 2 is 2.25 bits per heavy atom. The van der Waals surface area contributed by atoms with Gasteiger partial charge in [-0.2, -0.15) is 0 Å². The van der Waals surface area contributed by atoms with Gasteiger partial charge >= 0.3 is 5.97 Å². The van der Waals surface area contributed by atoms with Crippen molar-refractivity contribution >= 4 is 27.8 Å². The Balaban J connectivity index is 2.21. The molecular formula is C14H17BrN2O3. The predicted octanol–water partition coefficient (Wildman–Crippen LogP) is 2.56. The first-order valence-corrected chi connectivity index (χ1v) is 7.41. The van der Waals surface area contributed by atoms with Gasteiger partial charge in [-0.3, -0.25) is 14.6 Å². The van der Waals surface area contributed by atoms with Crippen LogP contribution in [-0.2, 0) is 4.79 Å². The van der Waals surface area contributed by atoms with Crippen LogP contribution in [0.15, 0.2) is 22.9 Å². The summed E-state index contributed by atoms with van der Waals surface area (Å²) in [7, 11) is 0. The highest BCUT2D eigenvalue weighted by atomic mass is 79.9. The van der Waals surface area contributed by atoms with Gasteiger partial charge in [0.1, 0.15) is 0 Å². The topological polar surface area (TPSA) is 70.5 Å². The number of aliphatic carboxylic acids is 1. The second-order valence-corrected chi connectivity index (χ2v) is 6.08. The van der Waals surface area contributed by atoms with Crippen LogP contribution in [0.4, 0.5) is 0 Å². The van der Waals surface area contributed by atoms with E-state index in [0.717, 1.165) is 4.47 Å². The molecule has 2 rings (SSSR count). The van der Waals surface area contributed by atoms with Crippen LogP contribution in [0, 0.1) is 5.41 Å². The molecular weight excluding hydrogens is 324 g/mol. The van der Waals surface area contributed by atoms with Gasteiger partial charge in [0.15, 0.2) is 0 Å². The van der Waals surface area contributed by atoms with Crippen molar-refractivity contribution in [2.24, 2.45) is 5.41 Å². The van der Waals surface area contributed by atoms with Crippen LogP contribution >= 0.6 is 15.9 Å². The highest BCUT2D eigenvalue weighted by Gasteiger charge is 2.42. The average molecular weight is 341 g/mol. The van der Waals surface area contributed by atoms with E-state index in [9.17, 15) is 14.7 Å². The molecule has 1 saturated heterocycles. The summed E-state index contributed by atoms with van der Waals surface area (Å²) in [5, 5.41) is 9.45. The summed E-state index contributed by atoms with van der Waals surface area (Å²) in [4.78, 5) is 29.6. The van der Waals surface area contributed by atoms with Crippen molar-refractivity contribution in [3.63, 3.8) is 0 Å². The van der Waals surface area contributed by atoms with Gasteiger partial charge < -0.3 is 10.0 Å². The maximum atomic E-state index is 12.5. The molecule has 1 aromatic rings. The van der Waals surface area contributed by atoms with Crippen LogP contribution in [0.25, 0.3) is 0 Å². The number of aromatic nitrogens is 1. The molecule has 0 radical (unpaired) electrons. The van der Waals surface area contributed by atoms with Gasteiger partial charge in [0, 0.05) is 30.0 Å². The van der Waals surface area contributed by atoms with Crippen molar-refractivity contribution in [1.29, 1.82) is 0 Å². The number of hydrogen-bond donors (Lipinski definition) is 1. The van der Waals surface area contributed by atoms with Crippen molar-refractivity contribution in [2.45, 2.75) is 26.2 Å². The number of amides is 1. The van der Waals surface area contributed by atoms with Crippen LogP contribution in [0.5, 0.6) is 0 Å². The Labute approximate surface area is 126 Å². The zero-order chi connectivity index (χ0) is 14.8. The van der Waals surface area contributed by atoms with Gasteiger partial charge in [0.25, 0.3) is 5.91 Å². The summed E-state index contributed by atoms with van der Waals surface area (Å²) < 4.78 is 0.736. The highest BCUT2D eigenvalue weighted by Crippen LogP contribution is 2.34. The molecule has 0 spiro atoms. The number of carboxylic acid groups (broad SMARTS) is 1. The van der Waals surface area contributed by atoms with Crippen LogP contribution in [0.1, 0.15) is 36.5 Å². The van der Waals surface area contributed by atoms with E-state index in [1.807, 2.05) is 6.92 Å². The lowest BCUT2D eigenvalue weighted by Crippen LogP contribution is -2.49. The van der Waals surface area contributed by atoms with Crippen LogP contribution in [0.2, 0.25) is 0 Å². The van der Waals surface area contributed by atoms with Crippen molar-refractivity contribution in [3.05, 3.63) is 28.5 Å². The van der Waals surface area contributed by atoms with Gasteiger partial charge in [-0.1, -0.05) is 6.92 Å². The number of carbonyl (C=O) groups is 2. The van der Waals surface area contributed by atoms with Crippen molar-refractivity contribution in [1.82, 2.24) is 9.88 Å². The number of likely N-dealkylation sites (tertiary alicyclic amines) is 1. The summed E-state index contributed by atoms with van der Waals surface area (Å²) >= 11 is 3.29. The Bertz CT molecular complexity index is 535. The number of hydrogen-bond acceptors (Lipinski definition) is 3. The fourth-order valence-corrected chi connectivity index (χ4v) is 3.00. The standard InChI is InChI=1S/C14H17BrN2O3/c1-2-14(13(19)20)4-3-5-17(9-14)12(18)10-6-11(15)8-16-7-10/h6-8H,2-5,9H2,1H3,(H,19,20). The summed E-state index contributed by atoms with van der Waals surface area (Å²) in [6.45, 7) is 2.73. The van der Waals surface area contributed by atoms with Crippen molar-refractivity contribution in [3.8, 4) is 0 Å². The quantitative estimate of drug-likeness (QED) is 0.917. The molecule has 0 aromatic carbocycles. The molecule has 1 N–H and O–H groups in total. The fraction of sp³-hybridized carbons (Fsp3) is 0.500. The minimum absolute atomic E-state index is 0.155. The molecule has 1 unspecified atom stereocenters. The molecule has 1 amide bonds. The molecule has 1 atom stereocenters. The van der Waals surface area contributed by atoms with Crippen LogP contribution in [-0.4, -0.2) is 40.0 Å². The van der Waals surface area contributed by atoms with E-state index in [4.69, 9.17) is 0 Å². The SMILES string of the molecule is CCC1(C(=O)O)CCCN(C(=O)c2cncc(Br)c2)C1. The molecule has 0 saturated carbocycles. The Hall–Kier alpha value is -1.43. The second kappa shape index (κ2) is 5.91. The molecule has 1 aliphatic rings. The van der Waals surface area contributed by atoms with E-state index >= 15 is 0 Å². The van der Waals surface area contributed by atoms with E-state index in [1.54, 1.807) is 17.2 Å². The van der Waals surface area contributed by atoms with Crippen molar-refractivity contribution in [2.75, 3.05) is 13.1 Å². The molecule has 0 bridgehead atoms. The lowest BCUT2D eigenvalue weighted by molar-refractivity contribution is -0.152. The molecule has 1 aromatic heterocycles. The normalized spacial score (nSPS) is 22.6. The molecule has 20 heavy (non-hydrogen) atoms. The van der Waals surface area contributed by atoms with E-state index in [-0.39, 0.29) is 12.5 Å². The average Bonchev–Trinajstić information content (AvgIpc) is 2.46. The minimum Gasteiger partial charge on any atom is -0.481 e. The van der Waals surface area contributed by atoms with Gasteiger partial charge in [0.05, 0.1) is 11.0 Å². The molecule has 5 nitrogen and oxygen atoms in total. The first kappa shape index (κ1) is 15.0. The Kier molecular flexibility index (Phi) is 4.42. The van der Waals surface area contributed by atoms with Gasteiger partial charge in [-0.15, -0.1) is 0 Å². The minimum atomic E-state index is -0.815. The zero-order valence-electron chi connectivity index (χ0n) is 11.3. The summed E-state index contributed by atoms with van der Waals surface area (Å²) in [5.74, 6) is -0.970. The first-order valence-electron chi connectivity index (χ1n) is 6.62. The summed E-state index contributed by atoms with van der Waals surface area (Å²) in [6.07, 6.45) is 4.99. The number of piperidine rings is 1. The number of pyridine rings is 1. The van der Waals surface area contributed by atoms with Crippen LogP contribution in [0.3, 0.4) is 0 Å². The molecule has 0 aliphatic carbocycles. The third-order valence-electron chi connectivity index (χ3n) is 3.95. The van der Waals surface area contributed by atoms with Gasteiger partial charge in [0.2, 0.25) is 0 Å². The van der Waals surface area contributed by atoms with E-state index < -0.39 is 11.4 Å². The lowest BCUT2D eigenvalue weighted by Gasteiger charge is -2.39. The fourth-order valence-electron chi connectivity index (χ4n) is 2.63. The third-order valence-corrected chi connectivity index (χ3v) is 4.38. The number of rotatable bonds is 3. The maximum absolute atomic E-state index is 12.5. The number of halogens is 1. The van der Waals surface area contributed by atoms with E-state index in [2.05, 4.69) is 20.9 Å². The Morgan fingerprint density at radius 3 is 2.85 bits per heavy atom. The first-order chi connectivity index (χ1) is 9.48. The van der Waals surface area contributed by atoms with Crippen LogP contribution < -0.4 is 0 Å². The van der Waals surface area contributed by atoms with Gasteiger partial charge in [-0.25, -0.2) is 0 Å². The Morgan fingerprint density at radius 1 is 1.50 bits per heavy atom. The van der Waals surface area contributed by atoms with E-state index in [0.29, 0.717) is 31.4 Å². The maximum Gasteiger partial charge on any atom is 0.311 e. The largest absolute Gasteiger partial charge is 0.481 e. The molecule has 1 fully saturated rings. The second-order valence-electron chi connectivity index (χ2n) is 5.16. The summed E-state index contributed by atoms with van der Waals surface area (Å²) in [6, 6.07) is 1.71. The summed E-state index contributed by atoms with van der Waals surface area (Å²) in [5.41, 5.74) is -0.329. The lowest BCUT2D eigenvalue weighted by atomic mass is 9.77. The zero-order valence-corrected chi connectivity index (χ0v) is 12.9. The molecule has 108 valence electrons. The monoisotopic (exact) mass is 340 g/mol. The van der Waals surface area contributed by atoms with E-state index in [1.165, 1.54) is 6.20 Å². The highest BCUT2D eigenvalue weighted by molar-refractivity contribution is 9.10. The molecule has 2 heterocycles. The smallest absolute Gasteiger partial charge is 0.311 e. The molecule has 1 aliphatic heterocycles. The predicted molar refractivity (Wildman–Crippen MR) is 77.4 cm³/mol. The van der Waals surface area contributed by atoms with Crippen molar-refractivity contribution < 1.29 is 14.7 Å².